The van der Waals surface area contributed by atoms with E-state index in [4.69, 9.17) is 15.6 Å². The van der Waals surface area contributed by atoms with E-state index >= 15 is 0 Å². The van der Waals surface area contributed by atoms with Crippen LogP contribution in [0.25, 0.3) is 0 Å². The number of methoxy groups -OCH3 is 1. The van der Waals surface area contributed by atoms with Gasteiger partial charge in [-0.1, -0.05) is 12.1 Å². The highest BCUT2D eigenvalue weighted by atomic mass is 16.5. The quantitative estimate of drug-likeness (QED) is 0.609. The molecule has 0 spiro atoms. The summed E-state index contributed by atoms with van der Waals surface area (Å²) in [6, 6.07) is 6.71. The molecule has 1 atom stereocenters. The van der Waals surface area contributed by atoms with E-state index in [1.165, 1.54) is 0 Å². The molecular weight excluding hydrogens is 220 g/mol. The summed E-state index contributed by atoms with van der Waals surface area (Å²) in [5, 5.41) is 11.9. The van der Waals surface area contributed by atoms with Gasteiger partial charge in [-0.25, -0.2) is 0 Å². The summed E-state index contributed by atoms with van der Waals surface area (Å²) >= 11 is 0. The van der Waals surface area contributed by atoms with Crippen molar-refractivity contribution >= 4 is 11.7 Å². The molecule has 0 bridgehead atoms. The first-order valence-corrected chi connectivity index (χ1v) is 5.43. The first kappa shape index (κ1) is 13.5. The molecule has 94 valence electrons. The molecule has 5 heteroatoms. The number of rotatable bonds is 7. The van der Waals surface area contributed by atoms with Crippen molar-refractivity contribution in [2.45, 2.75) is 12.5 Å². The minimum atomic E-state index is -0.979. The lowest BCUT2D eigenvalue weighted by atomic mass is 10.1. The maximum absolute atomic E-state index is 10.6. The molecule has 0 saturated heterocycles. The number of ether oxygens (including phenoxy) is 1. The Morgan fingerprint density at radius 1 is 1.47 bits per heavy atom. The van der Waals surface area contributed by atoms with Gasteiger partial charge in [0.25, 0.3) is 0 Å². The number of carboxylic acid groups (broad SMARTS) is 1. The third kappa shape index (κ3) is 4.84. The second kappa shape index (κ2) is 6.88. The molecule has 0 heterocycles. The van der Waals surface area contributed by atoms with Crippen molar-refractivity contribution in [1.29, 1.82) is 0 Å². The molecule has 0 saturated carbocycles. The zero-order chi connectivity index (χ0) is 12.7. The summed E-state index contributed by atoms with van der Waals surface area (Å²) in [5.41, 5.74) is 7.35. The molecule has 4 N–H and O–H groups in total. The van der Waals surface area contributed by atoms with Crippen LogP contribution in [0.4, 0.5) is 5.69 Å². The van der Waals surface area contributed by atoms with Gasteiger partial charge in [0.1, 0.15) is 6.04 Å². The lowest BCUT2D eigenvalue weighted by molar-refractivity contribution is -0.138. The minimum absolute atomic E-state index is 0.341. The number of hydrogen-bond acceptors (Lipinski definition) is 4. The molecule has 0 aliphatic carbocycles. The summed E-state index contributed by atoms with van der Waals surface area (Å²) in [4.78, 5) is 10.6. The second-order valence-electron chi connectivity index (χ2n) is 3.77. The summed E-state index contributed by atoms with van der Waals surface area (Å²) in [7, 11) is 1.65. The topological polar surface area (TPSA) is 84.6 Å². The number of nitrogens with one attached hydrogen (secondary N) is 1. The highest BCUT2D eigenvalue weighted by Crippen LogP contribution is 2.10. The van der Waals surface area contributed by atoms with Crippen LogP contribution < -0.4 is 11.1 Å². The van der Waals surface area contributed by atoms with Crippen molar-refractivity contribution < 1.29 is 14.6 Å². The van der Waals surface area contributed by atoms with Crippen molar-refractivity contribution in [3.63, 3.8) is 0 Å². The number of anilines is 1. The molecule has 0 aliphatic heterocycles. The maximum Gasteiger partial charge on any atom is 0.320 e. The van der Waals surface area contributed by atoms with Crippen molar-refractivity contribution in [3.8, 4) is 0 Å². The number of nitrogens with two attached hydrogens (primary N) is 1. The Hall–Kier alpha value is -1.59. The third-order valence-corrected chi connectivity index (χ3v) is 2.36. The van der Waals surface area contributed by atoms with Gasteiger partial charge in [0.2, 0.25) is 0 Å². The Morgan fingerprint density at radius 3 is 2.65 bits per heavy atom. The van der Waals surface area contributed by atoms with Crippen LogP contribution in [-0.2, 0) is 16.0 Å². The van der Waals surface area contributed by atoms with E-state index in [1.54, 1.807) is 7.11 Å². The van der Waals surface area contributed by atoms with Crippen molar-refractivity contribution in [2.75, 3.05) is 25.6 Å². The van der Waals surface area contributed by atoms with Gasteiger partial charge in [-0.3, -0.25) is 4.79 Å². The van der Waals surface area contributed by atoms with Gasteiger partial charge in [-0.2, -0.15) is 0 Å². The van der Waals surface area contributed by atoms with Gasteiger partial charge in [0.15, 0.2) is 0 Å². The number of hydrogen-bond donors (Lipinski definition) is 3. The van der Waals surface area contributed by atoms with E-state index in [2.05, 4.69) is 5.32 Å². The van der Waals surface area contributed by atoms with E-state index in [1.807, 2.05) is 24.3 Å². The average molecular weight is 238 g/mol. The Labute approximate surface area is 101 Å². The molecule has 0 amide bonds. The molecule has 5 nitrogen and oxygen atoms in total. The molecule has 1 rings (SSSR count). The highest BCUT2D eigenvalue weighted by molar-refractivity contribution is 5.73. The van der Waals surface area contributed by atoms with Gasteiger partial charge in [-0.15, -0.1) is 0 Å². The van der Waals surface area contributed by atoms with Crippen LogP contribution in [0, 0.1) is 0 Å². The standard InChI is InChI=1S/C12H18N2O3/c1-17-7-6-14-10-4-2-9(3-5-10)8-11(13)12(15)16/h2-5,11,14H,6-8,13H2,1H3,(H,15,16). The van der Waals surface area contributed by atoms with E-state index in [0.717, 1.165) is 17.8 Å². The zero-order valence-electron chi connectivity index (χ0n) is 9.85. The van der Waals surface area contributed by atoms with Crippen LogP contribution >= 0.6 is 0 Å². The van der Waals surface area contributed by atoms with Crippen LogP contribution in [0.3, 0.4) is 0 Å². The molecule has 1 aromatic rings. The Morgan fingerprint density at radius 2 is 2.12 bits per heavy atom. The summed E-state index contributed by atoms with van der Waals surface area (Å²) < 4.78 is 4.92. The first-order chi connectivity index (χ1) is 8.13. The molecule has 0 aromatic heterocycles. The smallest absolute Gasteiger partial charge is 0.320 e. The maximum atomic E-state index is 10.6. The Bertz CT molecular complexity index is 351. The monoisotopic (exact) mass is 238 g/mol. The molecule has 0 aliphatic rings. The molecular formula is C12H18N2O3. The fraction of sp³-hybridized carbons (Fsp3) is 0.417. The zero-order valence-corrected chi connectivity index (χ0v) is 9.85. The van der Waals surface area contributed by atoms with Crippen molar-refractivity contribution in [2.24, 2.45) is 5.73 Å². The summed E-state index contributed by atoms with van der Waals surface area (Å²) in [5.74, 6) is -0.979. The third-order valence-electron chi connectivity index (χ3n) is 2.36. The number of carbonyl (C=O) groups is 1. The summed E-state index contributed by atoms with van der Waals surface area (Å²) in [6.07, 6.45) is 0.341. The minimum Gasteiger partial charge on any atom is -0.480 e. The molecule has 0 radical (unpaired) electrons. The molecule has 1 unspecified atom stereocenters. The molecule has 1 aromatic carbocycles. The van der Waals surface area contributed by atoms with Gasteiger partial charge in [-0.05, 0) is 24.1 Å². The SMILES string of the molecule is COCCNc1ccc(CC(N)C(=O)O)cc1. The van der Waals surface area contributed by atoms with E-state index < -0.39 is 12.0 Å². The molecule has 17 heavy (non-hydrogen) atoms. The van der Waals surface area contributed by atoms with Crippen molar-refractivity contribution in [1.82, 2.24) is 0 Å². The van der Waals surface area contributed by atoms with Gasteiger partial charge in [0, 0.05) is 19.3 Å². The first-order valence-electron chi connectivity index (χ1n) is 5.43. The van der Waals surface area contributed by atoms with Crippen molar-refractivity contribution in [3.05, 3.63) is 29.8 Å². The largest absolute Gasteiger partial charge is 0.480 e. The average Bonchev–Trinajstić information content (AvgIpc) is 2.31. The van der Waals surface area contributed by atoms with Gasteiger partial charge < -0.3 is 20.9 Å². The van der Waals surface area contributed by atoms with E-state index in [9.17, 15) is 4.79 Å². The lowest BCUT2D eigenvalue weighted by Gasteiger charge is -2.08. The van der Waals surface area contributed by atoms with Crippen LogP contribution in [0.2, 0.25) is 0 Å². The van der Waals surface area contributed by atoms with Gasteiger partial charge in [0.05, 0.1) is 6.61 Å². The van der Waals surface area contributed by atoms with Gasteiger partial charge >= 0.3 is 5.97 Å². The lowest BCUT2D eigenvalue weighted by Crippen LogP contribution is -2.32. The second-order valence-corrected chi connectivity index (χ2v) is 3.77. The normalized spacial score (nSPS) is 12.1. The van der Waals surface area contributed by atoms with E-state index in [-0.39, 0.29) is 0 Å². The van der Waals surface area contributed by atoms with Crippen LogP contribution in [0.15, 0.2) is 24.3 Å². The Kier molecular flexibility index (Phi) is 5.45. The predicted molar refractivity (Wildman–Crippen MR) is 66.1 cm³/mol. The summed E-state index contributed by atoms with van der Waals surface area (Å²) in [6.45, 7) is 1.39. The van der Waals surface area contributed by atoms with E-state index in [0.29, 0.717) is 13.0 Å². The van der Waals surface area contributed by atoms with Crippen LogP contribution in [-0.4, -0.2) is 37.4 Å². The fourth-order valence-electron chi connectivity index (χ4n) is 1.40. The number of benzene rings is 1. The number of carboxylic acids is 1. The fourth-order valence-corrected chi connectivity index (χ4v) is 1.40. The van der Waals surface area contributed by atoms with Crippen LogP contribution in [0.1, 0.15) is 5.56 Å². The van der Waals surface area contributed by atoms with Crippen LogP contribution in [0.5, 0.6) is 0 Å². The predicted octanol–water partition coefficient (Wildman–Crippen LogP) is 0.699. The Balaban J connectivity index is 2.47. The highest BCUT2D eigenvalue weighted by Gasteiger charge is 2.11. The molecule has 0 fully saturated rings. The number of aliphatic carboxylic acids is 1.